The van der Waals surface area contributed by atoms with Gasteiger partial charge in [0.15, 0.2) is 0 Å². The van der Waals surface area contributed by atoms with E-state index in [0.717, 1.165) is 12.2 Å². The van der Waals surface area contributed by atoms with Crippen LogP contribution in [0.5, 0.6) is 0 Å². The lowest BCUT2D eigenvalue weighted by Crippen LogP contribution is -2.12. The zero-order chi connectivity index (χ0) is 12.6. The van der Waals surface area contributed by atoms with Crippen LogP contribution in [0.25, 0.3) is 12.2 Å². The molecule has 0 fully saturated rings. The summed E-state index contributed by atoms with van der Waals surface area (Å²) in [4.78, 5) is 0. The van der Waals surface area contributed by atoms with Crippen molar-refractivity contribution in [1.29, 1.82) is 0 Å². The summed E-state index contributed by atoms with van der Waals surface area (Å²) in [5, 5.41) is 3.27. The van der Waals surface area contributed by atoms with Crippen LogP contribution in [-0.4, -0.2) is 13.1 Å². The van der Waals surface area contributed by atoms with Crippen molar-refractivity contribution in [3.8, 4) is 0 Å². The lowest BCUT2D eigenvalue weighted by atomic mass is 10.1. The van der Waals surface area contributed by atoms with Crippen molar-refractivity contribution in [1.82, 2.24) is 0 Å². The Kier molecular flexibility index (Phi) is 4.56. The predicted octanol–water partition coefficient (Wildman–Crippen LogP) is 3.23. The molecule has 0 saturated heterocycles. The zero-order valence-corrected chi connectivity index (χ0v) is 10.3. The van der Waals surface area contributed by atoms with Crippen LogP contribution in [0.15, 0.2) is 54.6 Å². The molecule has 2 rings (SSSR count). The molecular weight excluding hydrogens is 220 g/mol. The van der Waals surface area contributed by atoms with Crippen molar-refractivity contribution >= 4 is 17.8 Å². The van der Waals surface area contributed by atoms with E-state index in [-0.39, 0.29) is 0 Å². The fraction of sp³-hybridized carbons (Fsp3) is 0.125. The molecule has 92 valence electrons. The molecule has 2 heteroatoms. The zero-order valence-electron chi connectivity index (χ0n) is 10.3. The van der Waals surface area contributed by atoms with Gasteiger partial charge in [-0.15, -0.1) is 0 Å². The number of hydrogen-bond donors (Lipinski definition) is 2. The first kappa shape index (κ1) is 12.4. The summed E-state index contributed by atoms with van der Waals surface area (Å²) in [5.74, 6) is 0. The Balaban J connectivity index is 2.07. The van der Waals surface area contributed by atoms with Gasteiger partial charge in [-0.2, -0.15) is 0 Å². The molecule has 2 aromatic rings. The minimum atomic E-state index is 0.643. The average molecular weight is 238 g/mol. The third-order valence-corrected chi connectivity index (χ3v) is 2.63. The van der Waals surface area contributed by atoms with E-state index in [0.29, 0.717) is 6.54 Å². The molecule has 0 unspecified atom stereocenters. The van der Waals surface area contributed by atoms with Gasteiger partial charge in [0.25, 0.3) is 0 Å². The summed E-state index contributed by atoms with van der Waals surface area (Å²) in [6.07, 6.45) is 4.23. The van der Waals surface area contributed by atoms with Crippen LogP contribution in [0.2, 0.25) is 0 Å². The van der Waals surface area contributed by atoms with E-state index in [4.69, 9.17) is 5.73 Å². The molecule has 0 atom stereocenters. The maximum atomic E-state index is 5.47. The van der Waals surface area contributed by atoms with Gasteiger partial charge < -0.3 is 11.1 Å². The molecular formula is C16H18N2. The van der Waals surface area contributed by atoms with Crippen LogP contribution >= 0.6 is 0 Å². The number of nitrogens with two attached hydrogens (primary N) is 1. The maximum absolute atomic E-state index is 5.47. The average Bonchev–Trinajstić information content (AvgIpc) is 2.44. The predicted molar refractivity (Wildman–Crippen MR) is 79.4 cm³/mol. The van der Waals surface area contributed by atoms with Crippen LogP contribution < -0.4 is 11.1 Å². The lowest BCUT2D eigenvalue weighted by Gasteiger charge is -2.05. The molecule has 0 radical (unpaired) electrons. The summed E-state index contributed by atoms with van der Waals surface area (Å²) in [5.41, 5.74) is 8.97. The highest BCUT2D eigenvalue weighted by Gasteiger charge is 1.92. The summed E-state index contributed by atoms with van der Waals surface area (Å²) < 4.78 is 0. The molecule has 0 spiro atoms. The standard InChI is InChI=1S/C16H18N2/c17-11-12-18-16-8-4-7-15(13-16)10-9-14-5-2-1-3-6-14/h1-10,13,18H,11-12,17H2/b10-9+. The molecule has 0 saturated carbocycles. The summed E-state index contributed by atoms with van der Waals surface area (Å²) >= 11 is 0. The third kappa shape index (κ3) is 3.75. The number of benzene rings is 2. The van der Waals surface area contributed by atoms with Crippen molar-refractivity contribution in [3.63, 3.8) is 0 Å². The third-order valence-electron chi connectivity index (χ3n) is 2.63. The van der Waals surface area contributed by atoms with Gasteiger partial charge in [0.1, 0.15) is 0 Å². The SMILES string of the molecule is NCCNc1cccc(/C=C/c2ccccc2)c1. The van der Waals surface area contributed by atoms with Gasteiger partial charge in [0.05, 0.1) is 0 Å². The van der Waals surface area contributed by atoms with Crippen molar-refractivity contribution in [2.24, 2.45) is 5.73 Å². The van der Waals surface area contributed by atoms with Gasteiger partial charge in [-0.05, 0) is 23.3 Å². The first-order chi connectivity index (χ1) is 8.88. The second-order valence-corrected chi connectivity index (χ2v) is 4.08. The van der Waals surface area contributed by atoms with E-state index in [1.165, 1.54) is 11.1 Å². The molecule has 0 bridgehead atoms. The minimum absolute atomic E-state index is 0.643. The van der Waals surface area contributed by atoms with Crippen LogP contribution in [0, 0.1) is 0 Å². The van der Waals surface area contributed by atoms with Gasteiger partial charge in [0.2, 0.25) is 0 Å². The lowest BCUT2D eigenvalue weighted by molar-refractivity contribution is 1.02. The van der Waals surface area contributed by atoms with E-state index in [1.807, 2.05) is 24.3 Å². The second kappa shape index (κ2) is 6.62. The van der Waals surface area contributed by atoms with Gasteiger partial charge in [-0.25, -0.2) is 0 Å². The van der Waals surface area contributed by atoms with Crippen LogP contribution in [0.4, 0.5) is 5.69 Å². The van der Waals surface area contributed by atoms with Gasteiger partial charge in [0, 0.05) is 18.8 Å². The smallest absolute Gasteiger partial charge is 0.0346 e. The van der Waals surface area contributed by atoms with Gasteiger partial charge in [-0.3, -0.25) is 0 Å². The minimum Gasteiger partial charge on any atom is -0.384 e. The maximum Gasteiger partial charge on any atom is 0.0346 e. The fourth-order valence-electron chi connectivity index (χ4n) is 1.73. The summed E-state index contributed by atoms with van der Waals surface area (Å²) in [6, 6.07) is 18.6. The molecule has 0 aliphatic rings. The number of nitrogens with one attached hydrogen (secondary N) is 1. The molecule has 0 aliphatic carbocycles. The number of anilines is 1. The van der Waals surface area contributed by atoms with E-state index < -0.39 is 0 Å². The van der Waals surface area contributed by atoms with Gasteiger partial charge >= 0.3 is 0 Å². The van der Waals surface area contributed by atoms with Gasteiger partial charge in [-0.1, -0.05) is 54.6 Å². The Morgan fingerprint density at radius 2 is 1.61 bits per heavy atom. The number of rotatable bonds is 5. The topological polar surface area (TPSA) is 38.0 Å². The van der Waals surface area contributed by atoms with Crippen molar-refractivity contribution in [2.75, 3.05) is 18.4 Å². The Morgan fingerprint density at radius 1 is 0.889 bits per heavy atom. The van der Waals surface area contributed by atoms with Crippen LogP contribution in [0.3, 0.4) is 0 Å². The second-order valence-electron chi connectivity index (χ2n) is 4.08. The van der Waals surface area contributed by atoms with Crippen molar-refractivity contribution in [3.05, 3.63) is 65.7 Å². The van der Waals surface area contributed by atoms with E-state index >= 15 is 0 Å². The Hall–Kier alpha value is -2.06. The highest BCUT2D eigenvalue weighted by atomic mass is 14.9. The molecule has 3 N–H and O–H groups in total. The summed E-state index contributed by atoms with van der Waals surface area (Å²) in [6.45, 7) is 1.44. The Bertz CT molecular complexity index is 504. The van der Waals surface area contributed by atoms with Crippen LogP contribution in [0.1, 0.15) is 11.1 Å². The van der Waals surface area contributed by atoms with Crippen LogP contribution in [-0.2, 0) is 0 Å². The Labute approximate surface area is 108 Å². The highest BCUT2D eigenvalue weighted by molar-refractivity contribution is 5.71. The first-order valence-corrected chi connectivity index (χ1v) is 6.15. The largest absolute Gasteiger partial charge is 0.384 e. The summed E-state index contributed by atoms with van der Waals surface area (Å²) in [7, 11) is 0. The van der Waals surface area contributed by atoms with Crippen molar-refractivity contribution in [2.45, 2.75) is 0 Å². The first-order valence-electron chi connectivity index (χ1n) is 6.15. The fourth-order valence-corrected chi connectivity index (χ4v) is 1.73. The molecule has 0 heterocycles. The number of hydrogen-bond acceptors (Lipinski definition) is 2. The van der Waals surface area contributed by atoms with E-state index in [2.05, 4.69) is 47.8 Å². The highest BCUT2D eigenvalue weighted by Crippen LogP contribution is 2.13. The normalized spacial score (nSPS) is 10.7. The molecule has 2 nitrogen and oxygen atoms in total. The van der Waals surface area contributed by atoms with Crippen molar-refractivity contribution < 1.29 is 0 Å². The molecule has 0 amide bonds. The quantitative estimate of drug-likeness (QED) is 0.785. The molecule has 18 heavy (non-hydrogen) atoms. The monoisotopic (exact) mass is 238 g/mol. The molecule has 0 aromatic heterocycles. The molecule has 0 aliphatic heterocycles. The Morgan fingerprint density at radius 3 is 2.39 bits per heavy atom. The van der Waals surface area contributed by atoms with E-state index in [1.54, 1.807) is 0 Å². The van der Waals surface area contributed by atoms with E-state index in [9.17, 15) is 0 Å². The molecule has 2 aromatic carbocycles.